The van der Waals surface area contributed by atoms with Crippen molar-refractivity contribution in [2.75, 3.05) is 0 Å². The first-order valence-electron chi connectivity index (χ1n) is 8.18. The fourth-order valence-corrected chi connectivity index (χ4v) is 2.94. The highest BCUT2D eigenvalue weighted by Crippen LogP contribution is 2.39. The Balaban J connectivity index is 2.39. The molecule has 0 aliphatic heterocycles. The van der Waals surface area contributed by atoms with Gasteiger partial charge in [-0.25, -0.2) is 9.07 Å². The molecule has 0 saturated heterocycles. The molecule has 1 heterocycles. The van der Waals surface area contributed by atoms with Crippen LogP contribution in [-0.2, 0) is 6.54 Å². The van der Waals surface area contributed by atoms with E-state index in [4.69, 9.17) is 12.2 Å². The monoisotopic (exact) mass is 425 g/mol. The second-order valence-electron chi connectivity index (χ2n) is 5.84. The summed E-state index contributed by atoms with van der Waals surface area (Å²) in [4.78, 5) is 11.8. The van der Waals surface area contributed by atoms with Gasteiger partial charge in [0.1, 0.15) is 29.3 Å². The lowest BCUT2D eigenvalue weighted by atomic mass is 10.0. The molecule has 3 aromatic rings. The summed E-state index contributed by atoms with van der Waals surface area (Å²) in [5, 5.41) is 4.10. The molecule has 2 N–H and O–H groups in total. The Labute approximate surface area is 166 Å². The lowest BCUT2D eigenvalue weighted by Gasteiger charge is -2.11. The van der Waals surface area contributed by atoms with Crippen molar-refractivity contribution in [3.63, 3.8) is 0 Å². The average molecular weight is 425 g/mol. The molecule has 1 amide bonds. The predicted molar refractivity (Wildman–Crippen MR) is 95.7 cm³/mol. The maximum absolute atomic E-state index is 13.9. The van der Waals surface area contributed by atoms with E-state index in [1.54, 1.807) is 0 Å². The van der Waals surface area contributed by atoms with Crippen LogP contribution in [0.4, 0.5) is 22.0 Å². The fourth-order valence-electron chi connectivity index (χ4n) is 2.94. The van der Waals surface area contributed by atoms with E-state index < -0.39 is 36.4 Å². The van der Waals surface area contributed by atoms with E-state index in [9.17, 15) is 26.7 Å². The third-order valence-corrected chi connectivity index (χ3v) is 3.97. The van der Waals surface area contributed by atoms with Crippen LogP contribution in [0.2, 0.25) is 0 Å². The van der Waals surface area contributed by atoms with Gasteiger partial charge in [0.05, 0.1) is 0 Å². The number of benzene rings is 2. The molecule has 0 fully saturated rings. The smallest absolute Gasteiger partial charge is 0.387 e. The van der Waals surface area contributed by atoms with Crippen LogP contribution >= 0.6 is 0 Å². The number of fused-ring (bicyclic) bond motifs is 1. The number of nitrogens with two attached hydrogens (primary N) is 1. The van der Waals surface area contributed by atoms with E-state index in [1.807, 2.05) is 0 Å². The van der Waals surface area contributed by atoms with Crippen LogP contribution in [-0.4, -0.2) is 28.9 Å². The number of amides is 1. The molecule has 0 atom stereocenters. The van der Waals surface area contributed by atoms with Gasteiger partial charge in [0.25, 0.3) is 0 Å². The number of hydrogen-bond acceptors (Lipinski definition) is 4. The van der Waals surface area contributed by atoms with Crippen molar-refractivity contribution in [2.45, 2.75) is 19.8 Å². The number of hydrogen-bond donors (Lipinski definition) is 1. The van der Waals surface area contributed by atoms with Gasteiger partial charge in [-0.3, -0.25) is 4.79 Å². The Kier molecular flexibility index (Phi) is 5.77. The van der Waals surface area contributed by atoms with Crippen LogP contribution in [0.3, 0.4) is 0 Å². The summed E-state index contributed by atoms with van der Waals surface area (Å²) in [6.07, 6.45) is 5.29. The van der Waals surface area contributed by atoms with Crippen LogP contribution < -0.4 is 15.2 Å². The van der Waals surface area contributed by atoms with E-state index >= 15 is 0 Å². The topological polar surface area (TPSA) is 79.4 Å². The lowest BCUT2D eigenvalue weighted by molar-refractivity contribution is -0.0536. The van der Waals surface area contributed by atoms with Crippen LogP contribution in [0.1, 0.15) is 10.4 Å². The molecule has 6 nitrogen and oxygen atoms in total. The second-order valence-corrected chi connectivity index (χ2v) is 5.84. The number of ether oxygens (including phenoxy) is 2. The van der Waals surface area contributed by atoms with Gasteiger partial charge in [-0.1, -0.05) is 5.92 Å². The molecule has 2 aromatic carbocycles. The van der Waals surface area contributed by atoms with E-state index in [1.165, 1.54) is 0 Å². The van der Waals surface area contributed by atoms with Crippen LogP contribution in [0.25, 0.3) is 22.2 Å². The van der Waals surface area contributed by atoms with Crippen LogP contribution in [0.5, 0.6) is 11.5 Å². The van der Waals surface area contributed by atoms with Gasteiger partial charge >= 0.3 is 13.2 Å². The van der Waals surface area contributed by atoms with E-state index in [0.717, 1.165) is 35.0 Å². The van der Waals surface area contributed by atoms with Gasteiger partial charge < -0.3 is 15.2 Å². The summed E-state index contributed by atoms with van der Waals surface area (Å²) in [5.41, 5.74) is 4.88. The quantitative estimate of drug-likeness (QED) is 0.462. The molecule has 0 spiro atoms. The van der Waals surface area contributed by atoms with Gasteiger partial charge in [0.15, 0.2) is 5.75 Å². The Morgan fingerprint density at radius 2 is 1.87 bits per heavy atom. The Morgan fingerprint density at radius 3 is 2.47 bits per heavy atom. The van der Waals surface area contributed by atoms with Crippen molar-refractivity contribution in [3.05, 3.63) is 41.7 Å². The first-order valence-corrected chi connectivity index (χ1v) is 8.18. The number of rotatable bonds is 7. The summed E-state index contributed by atoms with van der Waals surface area (Å²) < 4.78 is 75.0. The van der Waals surface area contributed by atoms with Gasteiger partial charge in [-0.05, 0) is 24.3 Å². The largest absolute Gasteiger partial charge is 0.435 e. The number of primary amides is 1. The van der Waals surface area contributed by atoms with Gasteiger partial charge in [-0.15, -0.1) is 6.42 Å². The minimum Gasteiger partial charge on any atom is -0.435 e. The number of aromatic nitrogens is 2. The maximum Gasteiger partial charge on any atom is 0.387 e. The minimum atomic E-state index is -3.30. The van der Waals surface area contributed by atoms with E-state index in [-0.39, 0.29) is 34.3 Å². The normalized spacial score (nSPS) is 11.1. The first-order chi connectivity index (χ1) is 14.2. The molecular weight excluding hydrogens is 413 g/mol. The molecule has 0 saturated carbocycles. The summed E-state index contributed by atoms with van der Waals surface area (Å²) >= 11 is 0. The molecule has 0 unspecified atom stereocenters. The third kappa shape index (κ3) is 4.12. The number of carbonyl (C=O) groups is 1. The molecular formula is C19H12F5N3O3. The highest BCUT2D eigenvalue weighted by atomic mass is 19.3. The number of halogens is 5. The molecule has 0 bridgehead atoms. The maximum atomic E-state index is 13.9. The first kappa shape index (κ1) is 20.9. The van der Waals surface area contributed by atoms with Crippen molar-refractivity contribution < 1.29 is 36.2 Å². The molecule has 1 aromatic heterocycles. The number of alkyl halides is 4. The van der Waals surface area contributed by atoms with Crippen molar-refractivity contribution in [1.29, 1.82) is 0 Å². The molecule has 156 valence electrons. The molecule has 30 heavy (non-hydrogen) atoms. The number of carbonyl (C=O) groups excluding carboxylic acids is 1. The predicted octanol–water partition coefficient (Wildman–Crippen LogP) is 3.78. The zero-order valence-corrected chi connectivity index (χ0v) is 14.9. The van der Waals surface area contributed by atoms with Gasteiger partial charge in [-0.2, -0.15) is 22.7 Å². The van der Waals surface area contributed by atoms with E-state index in [2.05, 4.69) is 20.5 Å². The zero-order chi connectivity index (χ0) is 22.0. The lowest BCUT2D eigenvalue weighted by Crippen LogP contribution is -2.12. The molecule has 0 aliphatic carbocycles. The van der Waals surface area contributed by atoms with Crippen LogP contribution in [0, 0.1) is 18.2 Å². The Morgan fingerprint density at radius 1 is 1.17 bits per heavy atom. The van der Waals surface area contributed by atoms with Crippen molar-refractivity contribution >= 4 is 16.8 Å². The van der Waals surface area contributed by atoms with Crippen molar-refractivity contribution in [1.82, 2.24) is 9.78 Å². The van der Waals surface area contributed by atoms with Gasteiger partial charge in [0, 0.05) is 22.6 Å². The zero-order valence-electron chi connectivity index (χ0n) is 14.9. The summed E-state index contributed by atoms with van der Waals surface area (Å²) in [6, 6.07) is 4.91. The molecule has 0 aliphatic rings. The molecule has 11 heteroatoms. The standard InChI is InChI=1S/C19H12F5N3O3/c1-2-5-27-16-13(7-10(29-18(21)22)8-14(16)30-19(23)24)15(26-27)12-6-9(20)3-4-11(12)17(25)28/h1,3-4,6-8,18-19H,5H2,(H2,25,28). The number of nitrogens with zero attached hydrogens (tertiary/aromatic N) is 2. The molecule has 3 rings (SSSR count). The van der Waals surface area contributed by atoms with Crippen LogP contribution in [0.15, 0.2) is 30.3 Å². The van der Waals surface area contributed by atoms with Gasteiger partial charge in [0.2, 0.25) is 5.91 Å². The van der Waals surface area contributed by atoms with Crippen molar-refractivity contribution in [3.8, 4) is 35.1 Å². The summed E-state index contributed by atoms with van der Waals surface area (Å²) in [7, 11) is 0. The summed E-state index contributed by atoms with van der Waals surface area (Å²) in [6.45, 7) is -6.80. The fraction of sp³-hybridized carbons (Fsp3) is 0.158. The SMILES string of the molecule is C#CCn1nc(-c2cc(F)ccc2C(N)=O)c2cc(OC(F)F)cc(OC(F)F)c21. The van der Waals surface area contributed by atoms with Crippen molar-refractivity contribution in [2.24, 2.45) is 5.73 Å². The van der Waals surface area contributed by atoms with E-state index in [0.29, 0.717) is 0 Å². The second kappa shape index (κ2) is 8.28. The minimum absolute atomic E-state index is 0.0489. The third-order valence-electron chi connectivity index (χ3n) is 3.97. The summed E-state index contributed by atoms with van der Waals surface area (Å²) in [5.74, 6) is -0.489. The average Bonchev–Trinajstić information content (AvgIpc) is 2.99. The highest BCUT2D eigenvalue weighted by Gasteiger charge is 2.24. The molecule has 0 radical (unpaired) electrons. The Hall–Kier alpha value is -3.81. The highest BCUT2D eigenvalue weighted by molar-refractivity contribution is 6.05. The Bertz CT molecular complexity index is 1150. The number of terminal acetylenes is 1.